The lowest BCUT2D eigenvalue weighted by molar-refractivity contribution is 0.302. The molecule has 0 spiro atoms. The molecule has 20 heavy (non-hydrogen) atoms. The number of halogens is 1. The van der Waals surface area contributed by atoms with Crippen LogP contribution in [0.15, 0.2) is 47.6 Å². The molecule has 2 aromatic carbocycles. The molecular formula is C15H12FNO3. The first-order valence-electron chi connectivity index (χ1n) is 6.11. The van der Waals surface area contributed by atoms with E-state index in [-0.39, 0.29) is 19.0 Å². The van der Waals surface area contributed by atoms with Crippen LogP contribution in [0.5, 0.6) is 11.5 Å². The third kappa shape index (κ3) is 2.42. The molecule has 0 unspecified atom stereocenters. The van der Waals surface area contributed by atoms with Crippen molar-refractivity contribution in [2.45, 2.75) is 6.61 Å². The fourth-order valence-corrected chi connectivity index (χ4v) is 2.05. The highest BCUT2D eigenvalue weighted by Crippen LogP contribution is 2.30. The first-order valence-corrected chi connectivity index (χ1v) is 6.11. The Kier molecular flexibility index (Phi) is 3.25. The predicted octanol–water partition coefficient (Wildman–Crippen LogP) is 2.98. The summed E-state index contributed by atoms with van der Waals surface area (Å²) in [6.07, 6.45) is 0. The van der Waals surface area contributed by atoms with E-state index < -0.39 is 0 Å². The van der Waals surface area contributed by atoms with Crippen LogP contribution in [-0.4, -0.2) is 17.5 Å². The standard InChI is InChI=1S/C15H12FNO3/c16-11-3-1-2-10(6-11)8-19-12-4-5-13-14(17-18)9-20-15(13)7-12/h1-7,18H,8-9H2. The maximum Gasteiger partial charge on any atom is 0.134 e. The molecule has 4 nitrogen and oxygen atoms in total. The zero-order chi connectivity index (χ0) is 13.9. The summed E-state index contributed by atoms with van der Waals surface area (Å²) in [5, 5.41) is 12.0. The molecule has 1 heterocycles. The van der Waals surface area contributed by atoms with Crippen LogP contribution in [0.3, 0.4) is 0 Å². The van der Waals surface area contributed by atoms with Gasteiger partial charge in [0.2, 0.25) is 0 Å². The topological polar surface area (TPSA) is 51.1 Å². The van der Waals surface area contributed by atoms with Gasteiger partial charge in [-0.25, -0.2) is 4.39 Å². The molecule has 3 rings (SSSR count). The van der Waals surface area contributed by atoms with Crippen LogP contribution < -0.4 is 9.47 Å². The van der Waals surface area contributed by atoms with E-state index in [1.807, 2.05) is 0 Å². The number of nitrogens with zero attached hydrogens (tertiary/aromatic N) is 1. The molecule has 1 N–H and O–H groups in total. The van der Waals surface area contributed by atoms with Crippen molar-refractivity contribution in [3.05, 3.63) is 59.4 Å². The summed E-state index contributed by atoms with van der Waals surface area (Å²) in [5.41, 5.74) is 2.01. The predicted molar refractivity (Wildman–Crippen MR) is 71.0 cm³/mol. The number of hydrogen-bond acceptors (Lipinski definition) is 4. The Bertz CT molecular complexity index is 670. The molecule has 0 aromatic heterocycles. The maximum absolute atomic E-state index is 13.0. The Morgan fingerprint density at radius 2 is 2.15 bits per heavy atom. The van der Waals surface area contributed by atoms with Gasteiger partial charge in [0, 0.05) is 11.6 Å². The smallest absolute Gasteiger partial charge is 0.134 e. The number of rotatable bonds is 3. The first-order chi connectivity index (χ1) is 9.76. The van der Waals surface area contributed by atoms with E-state index >= 15 is 0 Å². The van der Waals surface area contributed by atoms with Crippen LogP contribution in [0.4, 0.5) is 4.39 Å². The van der Waals surface area contributed by atoms with Gasteiger partial charge < -0.3 is 14.7 Å². The molecule has 102 valence electrons. The van der Waals surface area contributed by atoms with Gasteiger partial charge in [-0.1, -0.05) is 17.3 Å². The normalized spacial score (nSPS) is 14.9. The van der Waals surface area contributed by atoms with Gasteiger partial charge in [-0.3, -0.25) is 0 Å². The SMILES string of the molecule is ON=C1COc2cc(OCc3cccc(F)c3)ccc21. The summed E-state index contributed by atoms with van der Waals surface area (Å²) in [5.74, 6) is 0.953. The van der Waals surface area contributed by atoms with E-state index in [2.05, 4.69) is 5.16 Å². The Morgan fingerprint density at radius 3 is 2.95 bits per heavy atom. The summed E-state index contributed by atoms with van der Waals surface area (Å²) in [7, 11) is 0. The lowest BCUT2D eigenvalue weighted by atomic mass is 10.1. The van der Waals surface area contributed by atoms with E-state index in [0.717, 1.165) is 11.1 Å². The molecular weight excluding hydrogens is 261 g/mol. The minimum absolute atomic E-state index is 0.249. The molecule has 0 bridgehead atoms. The van der Waals surface area contributed by atoms with Gasteiger partial charge in [-0.2, -0.15) is 0 Å². The number of oxime groups is 1. The van der Waals surface area contributed by atoms with E-state index in [0.29, 0.717) is 17.2 Å². The van der Waals surface area contributed by atoms with E-state index in [1.54, 1.807) is 30.3 Å². The highest BCUT2D eigenvalue weighted by Gasteiger charge is 2.20. The third-order valence-corrected chi connectivity index (χ3v) is 3.04. The van der Waals surface area contributed by atoms with Gasteiger partial charge >= 0.3 is 0 Å². The third-order valence-electron chi connectivity index (χ3n) is 3.04. The second kappa shape index (κ2) is 5.21. The maximum atomic E-state index is 13.0. The minimum atomic E-state index is -0.285. The Morgan fingerprint density at radius 1 is 1.25 bits per heavy atom. The average Bonchev–Trinajstić information content (AvgIpc) is 2.87. The summed E-state index contributed by atoms with van der Waals surface area (Å²) in [4.78, 5) is 0. The number of fused-ring (bicyclic) bond motifs is 1. The molecule has 5 heteroatoms. The number of hydrogen-bond donors (Lipinski definition) is 1. The van der Waals surface area contributed by atoms with Crippen LogP contribution in [0.1, 0.15) is 11.1 Å². The first kappa shape index (κ1) is 12.5. The van der Waals surface area contributed by atoms with Gasteiger partial charge in [0.1, 0.15) is 36.2 Å². The van der Waals surface area contributed by atoms with Crippen molar-refractivity contribution in [1.82, 2.24) is 0 Å². The molecule has 0 amide bonds. The summed E-state index contributed by atoms with van der Waals surface area (Å²) in [6.45, 7) is 0.524. The van der Waals surface area contributed by atoms with Crippen molar-refractivity contribution >= 4 is 5.71 Å². The number of ether oxygens (including phenoxy) is 2. The summed E-state index contributed by atoms with van der Waals surface area (Å²) >= 11 is 0. The Balaban J connectivity index is 1.73. The Labute approximate surface area is 115 Å². The van der Waals surface area contributed by atoms with E-state index in [4.69, 9.17) is 14.7 Å². The highest BCUT2D eigenvalue weighted by atomic mass is 19.1. The fraction of sp³-hybridized carbons (Fsp3) is 0.133. The second-order valence-electron chi connectivity index (χ2n) is 4.41. The molecule has 0 radical (unpaired) electrons. The van der Waals surface area contributed by atoms with Gasteiger partial charge in [-0.05, 0) is 29.8 Å². The summed E-state index contributed by atoms with van der Waals surface area (Å²) in [6, 6.07) is 11.5. The van der Waals surface area contributed by atoms with Gasteiger partial charge in [0.15, 0.2) is 0 Å². The van der Waals surface area contributed by atoms with Crippen molar-refractivity contribution in [1.29, 1.82) is 0 Å². The van der Waals surface area contributed by atoms with Crippen LogP contribution in [0.2, 0.25) is 0 Å². The molecule has 1 aliphatic rings. The lowest BCUT2D eigenvalue weighted by Crippen LogP contribution is -2.01. The summed E-state index contributed by atoms with van der Waals surface area (Å²) < 4.78 is 24.0. The average molecular weight is 273 g/mol. The molecule has 2 aromatic rings. The minimum Gasteiger partial charge on any atom is -0.489 e. The lowest BCUT2D eigenvalue weighted by Gasteiger charge is -2.07. The monoisotopic (exact) mass is 273 g/mol. The van der Waals surface area contributed by atoms with E-state index in [1.165, 1.54) is 12.1 Å². The van der Waals surface area contributed by atoms with Crippen molar-refractivity contribution in [3.8, 4) is 11.5 Å². The molecule has 1 aliphatic heterocycles. The highest BCUT2D eigenvalue weighted by molar-refractivity contribution is 6.05. The zero-order valence-corrected chi connectivity index (χ0v) is 10.5. The van der Waals surface area contributed by atoms with Gasteiger partial charge in [0.25, 0.3) is 0 Å². The quantitative estimate of drug-likeness (QED) is 0.691. The molecule has 0 aliphatic carbocycles. The van der Waals surface area contributed by atoms with Crippen molar-refractivity contribution in [3.63, 3.8) is 0 Å². The van der Waals surface area contributed by atoms with Crippen molar-refractivity contribution in [2.24, 2.45) is 5.16 Å². The molecule has 0 atom stereocenters. The van der Waals surface area contributed by atoms with E-state index in [9.17, 15) is 4.39 Å². The largest absolute Gasteiger partial charge is 0.489 e. The van der Waals surface area contributed by atoms with Crippen LogP contribution in [0.25, 0.3) is 0 Å². The molecule has 0 fully saturated rings. The molecule has 0 saturated heterocycles. The van der Waals surface area contributed by atoms with Gasteiger partial charge in [0.05, 0.1) is 0 Å². The second-order valence-corrected chi connectivity index (χ2v) is 4.41. The zero-order valence-electron chi connectivity index (χ0n) is 10.5. The number of benzene rings is 2. The van der Waals surface area contributed by atoms with Crippen LogP contribution in [0, 0.1) is 5.82 Å². The van der Waals surface area contributed by atoms with Gasteiger partial charge in [-0.15, -0.1) is 0 Å². The van der Waals surface area contributed by atoms with Crippen molar-refractivity contribution in [2.75, 3.05) is 6.61 Å². The van der Waals surface area contributed by atoms with Crippen molar-refractivity contribution < 1.29 is 19.1 Å². The Hall–Kier alpha value is -2.56. The fourth-order valence-electron chi connectivity index (χ4n) is 2.05. The van der Waals surface area contributed by atoms with Crippen LogP contribution >= 0.6 is 0 Å². The van der Waals surface area contributed by atoms with Crippen LogP contribution in [-0.2, 0) is 6.61 Å². The molecule has 0 saturated carbocycles.